The van der Waals surface area contributed by atoms with Crippen LogP contribution in [0.1, 0.15) is 6.92 Å². The molecule has 1 heterocycles. The Morgan fingerprint density at radius 1 is 1.43 bits per heavy atom. The van der Waals surface area contributed by atoms with Crippen molar-refractivity contribution in [1.29, 1.82) is 0 Å². The van der Waals surface area contributed by atoms with Crippen LogP contribution in [0.2, 0.25) is 0 Å². The van der Waals surface area contributed by atoms with E-state index in [4.69, 9.17) is 0 Å². The van der Waals surface area contributed by atoms with Gasteiger partial charge in [0.05, 0.1) is 17.3 Å². The van der Waals surface area contributed by atoms with Gasteiger partial charge in [-0.3, -0.25) is 4.79 Å². The number of nitrogens with one attached hydrogen (secondary N) is 1. The van der Waals surface area contributed by atoms with Crippen LogP contribution in [-0.2, 0) is 4.79 Å². The molecule has 1 aromatic carbocycles. The first-order chi connectivity index (χ1) is 6.68. The fourth-order valence-electron chi connectivity index (χ4n) is 1.76. The third kappa shape index (κ3) is 1.45. The van der Waals surface area contributed by atoms with E-state index in [1.54, 1.807) is 0 Å². The first-order valence-electron chi connectivity index (χ1n) is 4.79. The molecule has 0 bridgehead atoms. The van der Waals surface area contributed by atoms with Gasteiger partial charge in [0.1, 0.15) is 0 Å². The molecular weight excluding hydrogens is 176 g/mol. The lowest BCUT2D eigenvalue weighted by molar-refractivity contribution is -0.119. The van der Waals surface area contributed by atoms with Gasteiger partial charge in [-0.15, -0.1) is 0 Å². The van der Waals surface area contributed by atoms with Crippen LogP contribution >= 0.6 is 0 Å². The first-order valence-corrected chi connectivity index (χ1v) is 4.79. The molecule has 0 aliphatic carbocycles. The van der Waals surface area contributed by atoms with Crippen LogP contribution in [-0.4, -0.2) is 19.5 Å². The van der Waals surface area contributed by atoms with Gasteiger partial charge in [-0.05, 0) is 12.1 Å². The fraction of sp³-hybridized carbons (Fsp3) is 0.364. The topological polar surface area (TPSA) is 32.3 Å². The number of hydrogen-bond acceptors (Lipinski definition) is 2. The van der Waals surface area contributed by atoms with Crippen LogP contribution in [0.3, 0.4) is 0 Å². The molecule has 3 heteroatoms. The predicted octanol–water partition coefficient (Wildman–Crippen LogP) is 1.71. The van der Waals surface area contributed by atoms with Crippen molar-refractivity contribution < 1.29 is 4.79 Å². The van der Waals surface area contributed by atoms with Gasteiger partial charge in [0.2, 0.25) is 5.91 Å². The van der Waals surface area contributed by atoms with Crippen LogP contribution < -0.4 is 10.2 Å². The SMILES string of the molecule is C[C@H]1CN(C)c2ccccc2NC1=O. The number of para-hydroxylation sites is 2. The van der Waals surface area contributed by atoms with E-state index in [0.29, 0.717) is 0 Å². The molecule has 0 saturated heterocycles. The fourth-order valence-corrected chi connectivity index (χ4v) is 1.76. The number of carbonyl (C=O) groups excluding carboxylic acids is 1. The molecular formula is C11H14N2O. The summed E-state index contributed by atoms with van der Waals surface area (Å²) in [4.78, 5) is 13.7. The van der Waals surface area contributed by atoms with E-state index in [1.807, 2.05) is 38.2 Å². The standard InChI is InChI=1S/C11H14N2O/c1-8-7-13(2)10-6-4-3-5-9(10)12-11(8)14/h3-6,8H,7H2,1-2H3,(H,12,14)/t8-/m0/s1. The van der Waals surface area contributed by atoms with Crippen LogP contribution in [0.25, 0.3) is 0 Å². The maximum Gasteiger partial charge on any atom is 0.229 e. The lowest BCUT2D eigenvalue weighted by Gasteiger charge is -2.19. The average Bonchev–Trinajstić information content (AvgIpc) is 2.27. The van der Waals surface area contributed by atoms with Gasteiger partial charge < -0.3 is 10.2 Å². The normalized spacial score (nSPS) is 21.1. The maximum absolute atomic E-state index is 11.6. The molecule has 0 radical (unpaired) electrons. The molecule has 0 aromatic heterocycles. The van der Waals surface area contributed by atoms with E-state index in [1.165, 1.54) is 0 Å². The number of amides is 1. The summed E-state index contributed by atoms with van der Waals surface area (Å²) < 4.78 is 0. The number of fused-ring (bicyclic) bond motifs is 1. The van der Waals surface area contributed by atoms with Gasteiger partial charge in [-0.25, -0.2) is 0 Å². The third-order valence-electron chi connectivity index (χ3n) is 2.57. The first kappa shape index (κ1) is 9.06. The highest BCUT2D eigenvalue weighted by atomic mass is 16.1. The van der Waals surface area contributed by atoms with Gasteiger partial charge >= 0.3 is 0 Å². The molecule has 0 saturated carbocycles. The summed E-state index contributed by atoms with van der Waals surface area (Å²) in [5.74, 6) is 0.134. The summed E-state index contributed by atoms with van der Waals surface area (Å²) in [7, 11) is 2.01. The molecule has 1 aliphatic heterocycles. The number of hydrogen-bond donors (Lipinski definition) is 1. The van der Waals surface area contributed by atoms with Crippen molar-refractivity contribution in [2.75, 3.05) is 23.8 Å². The summed E-state index contributed by atoms with van der Waals surface area (Å²) in [6.07, 6.45) is 0. The molecule has 0 unspecified atom stereocenters. The number of benzene rings is 1. The number of rotatable bonds is 0. The Kier molecular flexibility index (Phi) is 2.15. The summed E-state index contributed by atoms with van der Waals surface area (Å²) in [5, 5.41) is 2.92. The zero-order chi connectivity index (χ0) is 10.1. The Labute approximate surface area is 83.7 Å². The van der Waals surface area contributed by atoms with Crippen LogP contribution in [0.5, 0.6) is 0 Å². The van der Waals surface area contributed by atoms with E-state index < -0.39 is 0 Å². The van der Waals surface area contributed by atoms with Crippen molar-refractivity contribution in [1.82, 2.24) is 0 Å². The summed E-state index contributed by atoms with van der Waals surface area (Å²) >= 11 is 0. The molecule has 2 rings (SSSR count). The average molecular weight is 190 g/mol. The van der Waals surface area contributed by atoms with Crippen LogP contribution in [0, 0.1) is 5.92 Å². The van der Waals surface area contributed by atoms with Crippen LogP contribution in [0.15, 0.2) is 24.3 Å². The second-order valence-electron chi connectivity index (χ2n) is 3.79. The van der Waals surface area contributed by atoms with Gasteiger partial charge in [0, 0.05) is 13.6 Å². The van der Waals surface area contributed by atoms with Crippen molar-refractivity contribution in [3.8, 4) is 0 Å². The van der Waals surface area contributed by atoms with Crippen molar-refractivity contribution in [2.24, 2.45) is 5.92 Å². The monoisotopic (exact) mass is 190 g/mol. The van der Waals surface area contributed by atoms with Crippen molar-refractivity contribution in [3.05, 3.63) is 24.3 Å². The van der Waals surface area contributed by atoms with E-state index in [-0.39, 0.29) is 11.8 Å². The highest BCUT2D eigenvalue weighted by molar-refractivity contribution is 5.97. The highest BCUT2D eigenvalue weighted by Crippen LogP contribution is 2.28. The third-order valence-corrected chi connectivity index (χ3v) is 2.57. The van der Waals surface area contributed by atoms with Gasteiger partial charge in [-0.2, -0.15) is 0 Å². The molecule has 1 N–H and O–H groups in total. The number of nitrogens with zero attached hydrogens (tertiary/aromatic N) is 1. The van der Waals surface area contributed by atoms with Crippen molar-refractivity contribution in [3.63, 3.8) is 0 Å². The maximum atomic E-state index is 11.6. The van der Waals surface area contributed by atoms with Gasteiger partial charge in [0.15, 0.2) is 0 Å². The van der Waals surface area contributed by atoms with Gasteiger partial charge in [-0.1, -0.05) is 19.1 Å². The Morgan fingerprint density at radius 2 is 2.14 bits per heavy atom. The molecule has 14 heavy (non-hydrogen) atoms. The summed E-state index contributed by atoms with van der Waals surface area (Å²) in [6, 6.07) is 7.87. The summed E-state index contributed by atoms with van der Waals surface area (Å²) in [5.41, 5.74) is 1.99. The zero-order valence-corrected chi connectivity index (χ0v) is 8.45. The highest BCUT2D eigenvalue weighted by Gasteiger charge is 2.21. The molecule has 3 nitrogen and oxygen atoms in total. The molecule has 74 valence electrons. The van der Waals surface area contributed by atoms with Crippen molar-refractivity contribution in [2.45, 2.75) is 6.92 Å². The second-order valence-corrected chi connectivity index (χ2v) is 3.79. The number of carbonyl (C=O) groups is 1. The number of anilines is 2. The molecule has 0 spiro atoms. The molecule has 1 aliphatic rings. The minimum atomic E-state index is 0.0346. The lowest BCUT2D eigenvalue weighted by atomic mass is 10.1. The van der Waals surface area contributed by atoms with Crippen molar-refractivity contribution >= 4 is 17.3 Å². The Bertz CT molecular complexity index is 362. The Hall–Kier alpha value is -1.51. The minimum Gasteiger partial charge on any atom is -0.372 e. The molecule has 1 aromatic rings. The Balaban J connectivity index is 2.43. The van der Waals surface area contributed by atoms with Gasteiger partial charge in [0.25, 0.3) is 0 Å². The second kappa shape index (κ2) is 3.33. The summed E-state index contributed by atoms with van der Waals surface area (Å²) in [6.45, 7) is 2.71. The molecule has 1 amide bonds. The molecule has 0 fully saturated rings. The van der Waals surface area contributed by atoms with E-state index in [2.05, 4.69) is 10.2 Å². The Morgan fingerprint density at radius 3 is 2.93 bits per heavy atom. The minimum absolute atomic E-state index is 0.0346. The van der Waals surface area contributed by atoms with E-state index in [9.17, 15) is 4.79 Å². The zero-order valence-electron chi connectivity index (χ0n) is 8.45. The van der Waals surface area contributed by atoms with Crippen LogP contribution in [0.4, 0.5) is 11.4 Å². The molecule has 1 atom stereocenters. The quantitative estimate of drug-likeness (QED) is 0.675. The van der Waals surface area contributed by atoms with E-state index >= 15 is 0 Å². The lowest BCUT2D eigenvalue weighted by Crippen LogP contribution is -2.27. The van der Waals surface area contributed by atoms with E-state index in [0.717, 1.165) is 17.9 Å². The predicted molar refractivity (Wildman–Crippen MR) is 57.5 cm³/mol. The largest absolute Gasteiger partial charge is 0.372 e. The smallest absolute Gasteiger partial charge is 0.229 e.